The standard InChI is InChI=1S/C31H24ClNO4/c1-2-19-11-13-26-29(35)33(24-10-6-9-23(32)17-24)30(36)31(26,22-7-4-3-5-8-22)28(19)21-15-20-16-25(34)12-14-27(20)37-18-21/h2-12,14,16-18,26,28,34H,1,13,15H2. The lowest BCUT2D eigenvalue weighted by atomic mass is 9.55. The number of carbonyl (C=O) groups is 2. The second kappa shape index (κ2) is 8.79. The lowest BCUT2D eigenvalue weighted by molar-refractivity contribution is -0.124. The number of nitrogens with zero attached hydrogens (tertiary/aromatic N) is 1. The molecule has 0 radical (unpaired) electrons. The number of hydrogen-bond donors (Lipinski definition) is 1. The Morgan fingerprint density at radius 3 is 2.62 bits per heavy atom. The van der Waals surface area contributed by atoms with Crippen LogP contribution in [-0.4, -0.2) is 16.9 Å². The zero-order valence-corrected chi connectivity index (χ0v) is 20.7. The number of ether oxygens (including phenoxy) is 1. The number of halogens is 1. The Hall–Kier alpha value is -4.09. The van der Waals surface area contributed by atoms with Gasteiger partial charge in [0.05, 0.1) is 23.3 Å². The van der Waals surface area contributed by atoms with Gasteiger partial charge in [-0.1, -0.05) is 66.7 Å². The minimum atomic E-state index is -1.21. The molecule has 2 amide bonds. The Bertz CT molecular complexity index is 1510. The smallest absolute Gasteiger partial charge is 0.246 e. The van der Waals surface area contributed by atoms with E-state index >= 15 is 0 Å². The molecule has 3 unspecified atom stereocenters. The molecule has 1 N–H and O–H groups in total. The maximum absolute atomic E-state index is 14.7. The van der Waals surface area contributed by atoms with Gasteiger partial charge in [0.25, 0.3) is 0 Å². The number of amides is 2. The first-order chi connectivity index (χ1) is 17.9. The Balaban J connectivity index is 1.57. The highest BCUT2D eigenvalue weighted by Crippen LogP contribution is 2.57. The van der Waals surface area contributed by atoms with Crippen LogP contribution in [0, 0.1) is 11.8 Å². The van der Waals surface area contributed by atoms with Gasteiger partial charge in [-0.2, -0.15) is 0 Å². The van der Waals surface area contributed by atoms with Crippen molar-refractivity contribution < 1.29 is 19.4 Å². The number of allylic oxidation sites excluding steroid dienone is 4. The van der Waals surface area contributed by atoms with E-state index in [2.05, 4.69) is 6.58 Å². The van der Waals surface area contributed by atoms with Crippen LogP contribution in [-0.2, 0) is 21.4 Å². The summed E-state index contributed by atoms with van der Waals surface area (Å²) >= 11 is 6.26. The summed E-state index contributed by atoms with van der Waals surface area (Å²) in [5, 5.41) is 10.6. The van der Waals surface area contributed by atoms with E-state index in [0.717, 1.165) is 22.3 Å². The molecule has 3 aromatic carbocycles. The molecule has 1 aliphatic carbocycles. The fourth-order valence-electron chi connectivity index (χ4n) is 6.19. The van der Waals surface area contributed by atoms with Crippen LogP contribution in [0.1, 0.15) is 17.5 Å². The molecule has 0 aromatic heterocycles. The zero-order chi connectivity index (χ0) is 25.7. The third-order valence-electron chi connectivity index (χ3n) is 7.70. The summed E-state index contributed by atoms with van der Waals surface area (Å²) in [7, 11) is 0. The second-order valence-corrected chi connectivity index (χ2v) is 10.0. The molecular formula is C31H24ClNO4. The van der Waals surface area contributed by atoms with Crippen molar-refractivity contribution in [2.75, 3.05) is 4.90 Å². The van der Waals surface area contributed by atoms with Crippen LogP contribution in [0.2, 0.25) is 5.02 Å². The highest BCUT2D eigenvalue weighted by Gasteiger charge is 2.66. The number of anilines is 1. The molecule has 0 spiro atoms. The Morgan fingerprint density at radius 1 is 1.05 bits per heavy atom. The minimum absolute atomic E-state index is 0.140. The molecule has 0 saturated carbocycles. The second-order valence-electron chi connectivity index (χ2n) is 9.60. The van der Waals surface area contributed by atoms with Crippen molar-refractivity contribution in [2.24, 2.45) is 11.8 Å². The summed E-state index contributed by atoms with van der Waals surface area (Å²) in [5.41, 5.74) is 2.54. The first kappa shape index (κ1) is 23.3. The number of hydrogen-bond acceptors (Lipinski definition) is 4. The van der Waals surface area contributed by atoms with Gasteiger partial charge in [-0.15, -0.1) is 0 Å². The molecule has 5 nitrogen and oxygen atoms in total. The molecule has 184 valence electrons. The maximum Gasteiger partial charge on any atom is 0.246 e. The van der Waals surface area contributed by atoms with Crippen molar-refractivity contribution in [3.63, 3.8) is 0 Å². The summed E-state index contributed by atoms with van der Waals surface area (Å²) in [6.07, 6.45) is 6.33. The van der Waals surface area contributed by atoms with Gasteiger partial charge in [0.1, 0.15) is 11.5 Å². The zero-order valence-electron chi connectivity index (χ0n) is 19.9. The fourth-order valence-corrected chi connectivity index (χ4v) is 6.38. The van der Waals surface area contributed by atoms with Gasteiger partial charge in [0.2, 0.25) is 11.8 Å². The van der Waals surface area contributed by atoms with Gasteiger partial charge in [0.15, 0.2) is 0 Å². The number of imide groups is 1. The SMILES string of the molecule is C=CC1=CCC2C(=O)N(c3cccc(Cl)c3)C(=O)C2(c2ccccc2)C1C1=COc2ccc(O)cc2C1. The van der Waals surface area contributed by atoms with Gasteiger partial charge >= 0.3 is 0 Å². The van der Waals surface area contributed by atoms with Gasteiger partial charge in [0, 0.05) is 22.9 Å². The number of aromatic hydroxyl groups is 1. The van der Waals surface area contributed by atoms with E-state index in [1.54, 1.807) is 54.8 Å². The first-order valence-electron chi connectivity index (χ1n) is 12.1. The van der Waals surface area contributed by atoms with Crippen LogP contribution < -0.4 is 9.64 Å². The van der Waals surface area contributed by atoms with E-state index in [9.17, 15) is 14.7 Å². The van der Waals surface area contributed by atoms with E-state index in [1.807, 2.05) is 36.4 Å². The van der Waals surface area contributed by atoms with Crippen LogP contribution >= 0.6 is 11.6 Å². The van der Waals surface area contributed by atoms with Gasteiger partial charge in [-0.25, -0.2) is 4.90 Å². The summed E-state index contributed by atoms with van der Waals surface area (Å²) in [6.45, 7) is 4.06. The van der Waals surface area contributed by atoms with Crippen molar-refractivity contribution in [3.05, 3.63) is 125 Å². The molecule has 2 aliphatic heterocycles. The Labute approximate surface area is 219 Å². The maximum atomic E-state index is 14.7. The first-order valence-corrected chi connectivity index (χ1v) is 12.5. The quantitative estimate of drug-likeness (QED) is 0.430. The molecule has 6 rings (SSSR count). The third kappa shape index (κ3) is 3.45. The number of phenolic OH excluding ortho intramolecular Hbond substituents is 1. The van der Waals surface area contributed by atoms with Crippen molar-refractivity contribution in [3.8, 4) is 11.5 Å². The lowest BCUT2D eigenvalue weighted by Crippen LogP contribution is -2.50. The molecular weight excluding hydrogens is 486 g/mol. The average molecular weight is 510 g/mol. The minimum Gasteiger partial charge on any atom is -0.508 e. The van der Waals surface area contributed by atoms with E-state index in [0.29, 0.717) is 29.3 Å². The molecule has 0 bridgehead atoms. The number of benzene rings is 3. The number of phenols is 1. The molecule has 2 heterocycles. The van der Waals surface area contributed by atoms with Crippen molar-refractivity contribution >= 4 is 29.1 Å². The predicted octanol–water partition coefficient (Wildman–Crippen LogP) is 6.12. The van der Waals surface area contributed by atoms with Crippen molar-refractivity contribution in [2.45, 2.75) is 18.3 Å². The van der Waals surface area contributed by atoms with Crippen LogP contribution in [0.3, 0.4) is 0 Å². The van der Waals surface area contributed by atoms with Crippen LogP contribution in [0.25, 0.3) is 0 Å². The predicted molar refractivity (Wildman–Crippen MR) is 142 cm³/mol. The van der Waals surface area contributed by atoms with Crippen molar-refractivity contribution in [1.29, 1.82) is 0 Å². The summed E-state index contributed by atoms with van der Waals surface area (Å²) in [5.74, 6) is -0.876. The number of rotatable bonds is 4. The molecule has 37 heavy (non-hydrogen) atoms. The van der Waals surface area contributed by atoms with Crippen molar-refractivity contribution in [1.82, 2.24) is 0 Å². The number of carbonyl (C=O) groups excluding carboxylic acids is 2. The van der Waals surface area contributed by atoms with Gasteiger partial charge in [-0.05, 0) is 59.5 Å². The molecule has 3 aromatic rings. The van der Waals surface area contributed by atoms with Crippen LogP contribution in [0.5, 0.6) is 11.5 Å². The molecule has 3 atom stereocenters. The summed E-state index contributed by atoms with van der Waals surface area (Å²) < 4.78 is 5.99. The normalized spacial score (nSPS) is 24.5. The summed E-state index contributed by atoms with van der Waals surface area (Å²) in [4.78, 5) is 30.0. The molecule has 6 heteroatoms. The summed E-state index contributed by atoms with van der Waals surface area (Å²) in [6, 6.07) is 21.3. The Kier molecular flexibility index (Phi) is 5.54. The third-order valence-corrected chi connectivity index (χ3v) is 7.94. The van der Waals surface area contributed by atoms with E-state index in [1.165, 1.54) is 4.90 Å². The fraction of sp³-hybridized carbons (Fsp3) is 0.161. The van der Waals surface area contributed by atoms with Gasteiger partial charge < -0.3 is 9.84 Å². The molecule has 1 saturated heterocycles. The van der Waals surface area contributed by atoms with E-state index < -0.39 is 17.3 Å². The monoisotopic (exact) mass is 509 g/mol. The van der Waals surface area contributed by atoms with Crippen LogP contribution in [0.15, 0.2) is 109 Å². The number of fused-ring (bicyclic) bond motifs is 2. The Morgan fingerprint density at radius 2 is 1.86 bits per heavy atom. The van der Waals surface area contributed by atoms with Crippen LogP contribution in [0.4, 0.5) is 5.69 Å². The highest BCUT2D eigenvalue weighted by molar-refractivity contribution is 6.32. The molecule has 3 aliphatic rings. The van der Waals surface area contributed by atoms with Gasteiger partial charge in [-0.3, -0.25) is 9.59 Å². The topological polar surface area (TPSA) is 66.8 Å². The average Bonchev–Trinajstić information content (AvgIpc) is 3.15. The highest BCUT2D eigenvalue weighted by atomic mass is 35.5. The van der Waals surface area contributed by atoms with E-state index in [-0.39, 0.29) is 17.6 Å². The largest absolute Gasteiger partial charge is 0.508 e. The van der Waals surface area contributed by atoms with E-state index in [4.69, 9.17) is 16.3 Å². The molecule has 1 fully saturated rings. The lowest BCUT2D eigenvalue weighted by Gasteiger charge is -2.44.